The summed E-state index contributed by atoms with van der Waals surface area (Å²) in [5.74, 6) is 0.794. The lowest BCUT2D eigenvalue weighted by atomic mass is 10.1. The molecule has 0 atom stereocenters. The second kappa shape index (κ2) is 10.8. The molecule has 0 radical (unpaired) electrons. The van der Waals surface area contributed by atoms with Gasteiger partial charge in [0.2, 0.25) is 0 Å². The Hall–Kier alpha value is -2.11. The van der Waals surface area contributed by atoms with Gasteiger partial charge in [0.1, 0.15) is 5.15 Å². The van der Waals surface area contributed by atoms with Crippen molar-refractivity contribution < 1.29 is 0 Å². The van der Waals surface area contributed by atoms with E-state index < -0.39 is 0 Å². The third-order valence-electron chi connectivity index (χ3n) is 4.16. The molecule has 2 rings (SSSR count). The highest BCUT2D eigenvalue weighted by Crippen LogP contribution is 2.08. The predicted octanol–water partition coefficient (Wildman–Crippen LogP) is 3.09. The van der Waals surface area contributed by atoms with Gasteiger partial charge in [0, 0.05) is 32.9 Å². The Labute approximate surface area is 161 Å². The first-order chi connectivity index (χ1) is 12.6. The van der Waals surface area contributed by atoms with Gasteiger partial charge < -0.3 is 15.5 Å². The van der Waals surface area contributed by atoms with E-state index >= 15 is 0 Å². The van der Waals surface area contributed by atoms with Crippen molar-refractivity contribution in [3.63, 3.8) is 0 Å². The van der Waals surface area contributed by atoms with Crippen LogP contribution in [0.5, 0.6) is 0 Å². The number of aliphatic imine (C=N–C) groups is 1. The summed E-state index contributed by atoms with van der Waals surface area (Å²) in [6.07, 6.45) is 2.67. The highest BCUT2D eigenvalue weighted by Gasteiger charge is 2.02. The van der Waals surface area contributed by atoms with Crippen LogP contribution in [0.3, 0.4) is 0 Å². The molecular weight excluding hydrogens is 346 g/mol. The summed E-state index contributed by atoms with van der Waals surface area (Å²) in [6, 6.07) is 12.5. The van der Waals surface area contributed by atoms with Crippen molar-refractivity contribution in [1.29, 1.82) is 0 Å². The molecule has 1 heterocycles. The van der Waals surface area contributed by atoms with E-state index in [-0.39, 0.29) is 0 Å². The Morgan fingerprint density at radius 1 is 1.15 bits per heavy atom. The van der Waals surface area contributed by atoms with Gasteiger partial charge in [-0.2, -0.15) is 0 Å². The minimum atomic E-state index is 0.520. The zero-order valence-corrected chi connectivity index (χ0v) is 16.6. The monoisotopic (exact) mass is 373 g/mol. The van der Waals surface area contributed by atoms with E-state index in [1.165, 1.54) is 11.1 Å². The minimum absolute atomic E-state index is 0.520. The molecule has 0 unspecified atom stereocenters. The Kier molecular flexibility index (Phi) is 8.38. The van der Waals surface area contributed by atoms with Gasteiger partial charge >= 0.3 is 0 Å². The van der Waals surface area contributed by atoms with Crippen LogP contribution in [0.2, 0.25) is 5.15 Å². The van der Waals surface area contributed by atoms with Crippen molar-refractivity contribution in [2.75, 3.05) is 27.2 Å². The lowest BCUT2D eigenvalue weighted by molar-refractivity contribution is 0.345. The first-order valence-electron chi connectivity index (χ1n) is 8.92. The second-order valence-electron chi connectivity index (χ2n) is 6.24. The molecule has 0 aliphatic heterocycles. The third-order valence-corrected chi connectivity index (χ3v) is 4.39. The molecule has 140 valence electrons. The zero-order chi connectivity index (χ0) is 18.8. The number of nitrogens with one attached hydrogen (secondary N) is 2. The summed E-state index contributed by atoms with van der Waals surface area (Å²) in [4.78, 5) is 10.7. The zero-order valence-electron chi connectivity index (χ0n) is 15.8. The SMILES string of the molecule is CCN(C)Cc1cccc(CNC(=NC)NCCc2ccc(Cl)nc2)c1. The summed E-state index contributed by atoms with van der Waals surface area (Å²) in [6.45, 7) is 5.70. The van der Waals surface area contributed by atoms with Gasteiger partial charge in [-0.15, -0.1) is 0 Å². The minimum Gasteiger partial charge on any atom is -0.356 e. The average Bonchev–Trinajstić information content (AvgIpc) is 2.66. The molecular formula is C20H28ClN5. The maximum atomic E-state index is 5.81. The number of hydrogen-bond donors (Lipinski definition) is 2. The Morgan fingerprint density at radius 2 is 1.96 bits per heavy atom. The van der Waals surface area contributed by atoms with Crippen molar-refractivity contribution in [3.05, 3.63) is 64.4 Å². The van der Waals surface area contributed by atoms with Crippen molar-refractivity contribution in [3.8, 4) is 0 Å². The van der Waals surface area contributed by atoms with Crippen molar-refractivity contribution in [1.82, 2.24) is 20.5 Å². The number of nitrogens with zero attached hydrogens (tertiary/aromatic N) is 3. The van der Waals surface area contributed by atoms with Gasteiger partial charge in [-0.05, 0) is 42.8 Å². The summed E-state index contributed by atoms with van der Waals surface area (Å²) in [7, 11) is 3.92. The third kappa shape index (κ3) is 7.02. The number of guanidine groups is 1. The van der Waals surface area contributed by atoms with Crippen molar-refractivity contribution >= 4 is 17.6 Å². The molecule has 26 heavy (non-hydrogen) atoms. The van der Waals surface area contributed by atoms with E-state index in [0.29, 0.717) is 5.15 Å². The largest absolute Gasteiger partial charge is 0.356 e. The van der Waals surface area contributed by atoms with E-state index in [9.17, 15) is 0 Å². The van der Waals surface area contributed by atoms with Crippen LogP contribution in [0.15, 0.2) is 47.6 Å². The highest BCUT2D eigenvalue weighted by molar-refractivity contribution is 6.29. The number of aromatic nitrogens is 1. The van der Waals surface area contributed by atoms with E-state index in [1.54, 1.807) is 13.2 Å². The van der Waals surface area contributed by atoms with Crippen LogP contribution in [-0.2, 0) is 19.5 Å². The molecule has 5 nitrogen and oxygen atoms in total. The van der Waals surface area contributed by atoms with Gasteiger partial charge in [-0.3, -0.25) is 4.99 Å². The molecule has 0 saturated carbocycles. The summed E-state index contributed by atoms with van der Waals surface area (Å²) in [5, 5.41) is 7.21. The lowest BCUT2D eigenvalue weighted by Crippen LogP contribution is -2.37. The Morgan fingerprint density at radius 3 is 2.65 bits per heavy atom. The lowest BCUT2D eigenvalue weighted by Gasteiger charge is -2.15. The normalized spacial score (nSPS) is 11.7. The molecule has 0 bridgehead atoms. The van der Waals surface area contributed by atoms with Gasteiger partial charge in [0.15, 0.2) is 5.96 Å². The number of pyridine rings is 1. The fourth-order valence-electron chi connectivity index (χ4n) is 2.55. The van der Waals surface area contributed by atoms with Crippen LogP contribution in [-0.4, -0.2) is 43.0 Å². The maximum absolute atomic E-state index is 5.81. The number of benzene rings is 1. The van der Waals surface area contributed by atoms with Crippen LogP contribution < -0.4 is 10.6 Å². The van der Waals surface area contributed by atoms with Gasteiger partial charge in [-0.25, -0.2) is 4.98 Å². The number of hydrogen-bond acceptors (Lipinski definition) is 3. The topological polar surface area (TPSA) is 52.5 Å². The standard InChI is InChI=1S/C20H28ClN5/c1-4-26(3)15-18-7-5-6-17(12-18)14-25-20(22-2)23-11-10-16-8-9-19(21)24-13-16/h5-9,12-13H,4,10-11,14-15H2,1-3H3,(H2,22,23,25). The molecule has 2 aromatic rings. The van der Waals surface area contributed by atoms with E-state index in [0.717, 1.165) is 44.1 Å². The quantitative estimate of drug-likeness (QED) is 0.424. The molecule has 0 aliphatic carbocycles. The highest BCUT2D eigenvalue weighted by atomic mass is 35.5. The maximum Gasteiger partial charge on any atom is 0.191 e. The molecule has 2 N–H and O–H groups in total. The molecule has 0 fully saturated rings. The van der Waals surface area contributed by atoms with Crippen LogP contribution in [0.4, 0.5) is 0 Å². The molecule has 1 aromatic heterocycles. The van der Waals surface area contributed by atoms with E-state index in [2.05, 4.69) is 63.7 Å². The predicted molar refractivity (Wildman–Crippen MR) is 110 cm³/mol. The Balaban J connectivity index is 1.79. The molecule has 0 amide bonds. The van der Waals surface area contributed by atoms with Crippen molar-refractivity contribution in [2.24, 2.45) is 4.99 Å². The van der Waals surface area contributed by atoms with Gasteiger partial charge in [0.05, 0.1) is 0 Å². The summed E-state index contributed by atoms with van der Waals surface area (Å²) in [5.41, 5.74) is 3.72. The molecule has 1 aromatic carbocycles. The number of rotatable bonds is 8. The van der Waals surface area contributed by atoms with Crippen LogP contribution in [0.25, 0.3) is 0 Å². The van der Waals surface area contributed by atoms with Gasteiger partial charge in [-0.1, -0.05) is 48.9 Å². The fraction of sp³-hybridized carbons (Fsp3) is 0.400. The van der Waals surface area contributed by atoms with E-state index in [1.807, 2.05) is 12.1 Å². The summed E-state index contributed by atoms with van der Waals surface area (Å²) >= 11 is 5.81. The molecule has 6 heteroatoms. The molecule has 0 spiro atoms. The Bertz CT molecular complexity index is 700. The summed E-state index contributed by atoms with van der Waals surface area (Å²) < 4.78 is 0. The first-order valence-corrected chi connectivity index (χ1v) is 9.29. The smallest absolute Gasteiger partial charge is 0.191 e. The molecule has 0 aliphatic rings. The fourth-order valence-corrected chi connectivity index (χ4v) is 2.66. The molecule has 0 saturated heterocycles. The van der Waals surface area contributed by atoms with Crippen LogP contribution in [0.1, 0.15) is 23.6 Å². The van der Waals surface area contributed by atoms with Crippen LogP contribution in [0, 0.1) is 0 Å². The average molecular weight is 374 g/mol. The van der Waals surface area contributed by atoms with Gasteiger partial charge in [0.25, 0.3) is 0 Å². The van der Waals surface area contributed by atoms with Crippen LogP contribution >= 0.6 is 11.6 Å². The first kappa shape index (κ1) is 20.2. The van der Waals surface area contributed by atoms with Crippen molar-refractivity contribution in [2.45, 2.75) is 26.4 Å². The second-order valence-corrected chi connectivity index (χ2v) is 6.63. The number of halogens is 1. The van der Waals surface area contributed by atoms with E-state index in [4.69, 9.17) is 11.6 Å².